The molecule has 0 atom stereocenters. The molecule has 0 spiro atoms. The van der Waals surface area contributed by atoms with E-state index in [0.717, 1.165) is 0 Å². The summed E-state index contributed by atoms with van der Waals surface area (Å²) in [7, 11) is 0. The molecule has 2 aromatic rings. The molecule has 0 unspecified atom stereocenters. The monoisotopic (exact) mass is 280 g/mol. The van der Waals surface area contributed by atoms with Crippen LogP contribution in [0.1, 0.15) is 10.4 Å². The van der Waals surface area contributed by atoms with Crippen LogP contribution in [0.5, 0.6) is 5.75 Å². The van der Waals surface area contributed by atoms with Crippen LogP contribution < -0.4 is 11.1 Å². The van der Waals surface area contributed by atoms with Crippen LogP contribution in [-0.4, -0.2) is 11.0 Å². The Kier molecular flexibility index (Phi) is 3.57. The van der Waals surface area contributed by atoms with Crippen LogP contribution in [-0.2, 0) is 0 Å². The van der Waals surface area contributed by atoms with Crippen LogP contribution in [0.25, 0.3) is 0 Å². The molecular weight excluding hydrogens is 271 g/mol. The Morgan fingerprint density at radius 1 is 1.32 bits per heavy atom. The zero-order valence-electron chi connectivity index (χ0n) is 9.65. The number of rotatable bonds is 2. The van der Waals surface area contributed by atoms with E-state index in [-0.39, 0.29) is 27.7 Å². The molecule has 0 fully saturated rings. The molecule has 6 heteroatoms. The van der Waals surface area contributed by atoms with Gasteiger partial charge in [-0.25, -0.2) is 4.39 Å². The minimum atomic E-state index is -0.638. The smallest absolute Gasteiger partial charge is 0.255 e. The van der Waals surface area contributed by atoms with Gasteiger partial charge in [0.05, 0.1) is 16.4 Å². The van der Waals surface area contributed by atoms with Crippen molar-refractivity contribution in [3.05, 3.63) is 52.8 Å². The summed E-state index contributed by atoms with van der Waals surface area (Å²) in [4.78, 5) is 11.9. The van der Waals surface area contributed by atoms with Gasteiger partial charge >= 0.3 is 0 Å². The number of aromatic hydroxyl groups is 1. The van der Waals surface area contributed by atoms with Gasteiger partial charge in [0.25, 0.3) is 5.91 Å². The number of halogens is 2. The first-order chi connectivity index (χ1) is 8.99. The van der Waals surface area contributed by atoms with E-state index in [9.17, 15) is 14.3 Å². The highest BCUT2D eigenvalue weighted by atomic mass is 35.5. The van der Waals surface area contributed by atoms with E-state index in [1.54, 1.807) is 0 Å². The van der Waals surface area contributed by atoms with Crippen molar-refractivity contribution < 1.29 is 14.3 Å². The Bertz CT molecular complexity index is 626. The van der Waals surface area contributed by atoms with Gasteiger partial charge in [0.1, 0.15) is 11.6 Å². The SMILES string of the molecule is Nc1ccc(C(=O)Nc2c(F)cccc2Cl)cc1O. The molecule has 19 heavy (non-hydrogen) atoms. The molecule has 2 rings (SSSR count). The third kappa shape index (κ3) is 2.77. The number of nitrogens with one attached hydrogen (secondary N) is 1. The number of hydrogen-bond donors (Lipinski definition) is 3. The minimum Gasteiger partial charge on any atom is -0.506 e. The number of carbonyl (C=O) groups is 1. The molecule has 0 aliphatic rings. The Hall–Kier alpha value is -2.27. The summed E-state index contributed by atoms with van der Waals surface area (Å²) >= 11 is 5.79. The Balaban J connectivity index is 2.28. The van der Waals surface area contributed by atoms with Crippen molar-refractivity contribution in [2.45, 2.75) is 0 Å². The van der Waals surface area contributed by atoms with Crippen LogP contribution in [0, 0.1) is 5.82 Å². The average Bonchev–Trinajstić information content (AvgIpc) is 2.37. The molecule has 0 radical (unpaired) electrons. The van der Waals surface area contributed by atoms with E-state index in [2.05, 4.69) is 5.32 Å². The summed E-state index contributed by atoms with van der Waals surface area (Å²) in [5.74, 6) is -1.45. The maximum absolute atomic E-state index is 13.5. The van der Waals surface area contributed by atoms with Crippen molar-refractivity contribution in [1.29, 1.82) is 0 Å². The molecule has 4 N–H and O–H groups in total. The van der Waals surface area contributed by atoms with Gasteiger partial charge in [0, 0.05) is 5.56 Å². The number of nitrogen functional groups attached to an aromatic ring is 1. The number of para-hydroxylation sites is 1. The van der Waals surface area contributed by atoms with Crippen molar-refractivity contribution >= 4 is 28.9 Å². The summed E-state index contributed by atoms with van der Waals surface area (Å²) < 4.78 is 13.5. The third-order valence-electron chi connectivity index (χ3n) is 2.49. The molecule has 0 bridgehead atoms. The lowest BCUT2D eigenvalue weighted by atomic mass is 10.1. The lowest BCUT2D eigenvalue weighted by Gasteiger charge is -2.09. The predicted molar refractivity (Wildman–Crippen MR) is 71.9 cm³/mol. The second-order valence-electron chi connectivity index (χ2n) is 3.82. The van der Waals surface area contributed by atoms with Crippen molar-refractivity contribution in [2.75, 3.05) is 11.1 Å². The van der Waals surface area contributed by atoms with Crippen molar-refractivity contribution in [1.82, 2.24) is 0 Å². The highest BCUT2D eigenvalue weighted by Gasteiger charge is 2.13. The predicted octanol–water partition coefficient (Wildman–Crippen LogP) is 3.02. The fourth-order valence-electron chi connectivity index (χ4n) is 1.49. The second-order valence-corrected chi connectivity index (χ2v) is 4.23. The number of benzene rings is 2. The van der Waals surface area contributed by atoms with E-state index in [4.69, 9.17) is 17.3 Å². The van der Waals surface area contributed by atoms with Gasteiger partial charge in [-0.15, -0.1) is 0 Å². The first-order valence-electron chi connectivity index (χ1n) is 5.33. The van der Waals surface area contributed by atoms with Crippen molar-refractivity contribution in [2.24, 2.45) is 0 Å². The minimum absolute atomic E-state index is 0.0908. The van der Waals surface area contributed by atoms with Gasteiger partial charge in [0.15, 0.2) is 0 Å². The number of nitrogens with two attached hydrogens (primary N) is 1. The van der Waals surface area contributed by atoms with E-state index in [1.165, 1.54) is 36.4 Å². The fraction of sp³-hybridized carbons (Fsp3) is 0. The summed E-state index contributed by atoms with van der Waals surface area (Å²) in [6, 6.07) is 8.07. The molecule has 4 nitrogen and oxygen atoms in total. The largest absolute Gasteiger partial charge is 0.506 e. The summed E-state index contributed by atoms with van der Waals surface area (Å²) in [5.41, 5.74) is 5.62. The van der Waals surface area contributed by atoms with E-state index in [0.29, 0.717) is 0 Å². The van der Waals surface area contributed by atoms with Crippen LogP contribution in [0.15, 0.2) is 36.4 Å². The number of carbonyl (C=O) groups excluding carboxylic acids is 1. The molecule has 0 aromatic heterocycles. The van der Waals surface area contributed by atoms with Gasteiger partial charge in [-0.05, 0) is 30.3 Å². The lowest BCUT2D eigenvalue weighted by Crippen LogP contribution is -2.13. The highest BCUT2D eigenvalue weighted by Crippen LogP contribution is 2.26. The average molecular weight is 281 g/mol. The summed E-state index contributed by atoms with van der Waals surface area (Å²) in [6.45, 7) is 0. The summed E-state index contributed by atoms with van der Waals surface area (Å²) in [5, 5.41) is 11.9. The quantitative estimate of drug-likeness (QED) is 0.585. The third-order valence-corrected chi connectivity index (χ3v) is 2.81. The molecule has 0 saturated heterocycles. The van der Waals surface area contributed by atoms with Gasteiger partial charge < -0.3 is 16.2 Å². The van der Waals surface area contributed by atoms with Gasteiger partial charge in [0.2, 0.25) is 0 Å². The molecule has 0 aliphatic heterocycles. The number of phenolic OH excluding ortho intramolecular Hbond substituents is 1. The Labute approximate surface area is 113 Å². The number of amides is 1. The van der Waals surface area contributed by atoms with Crippen LogP contribution in [0.3, 0.4) is 0 Å². The van der Waals surface area contributed by atoms with E-state index < -0.39 is 11.7 Å². The number of phenols is 1. The standard InChI is InChI=1S/C13H10ClFN2O2/c14-8-2-1-3-9(15)12(8)17-13(19)7-4-5-10(16)11(18)6-7/h1-6,18H,16H2,(H,17,19). The zero-order valence-corrected chi connectivity index (χ0v) is 10.4. The van der Waals surface area contributed by atoms with Crippen LogP contribution >= 0.6 is 11.6 Å². The van der Waals surface area contributed by atoms with Crippen molar-refractivity contribution in [3.63, 3.8) is 0 Å². The molecule has 98 valence electrons. The highest BCUT2D eigenvalue weighted by molar-refractivity contribution is 6.34. The second kappa shape index (κ2) is 5.16. The molecule has 0 saturated carbocycles. The molecule has 0 aliphatic carbocycles. The maximum Gasteiger partial charge on any atom is 0.255 e. The maximum atomic E-state index is 13.5. The van der Waals surface area contributed by atoms with E-state index >= 15 is 0 Å². The van der Waals surface area contributed by atoms with Crippen molar-refractivity contribution in [3.8, 4) is 5.75 Å². The normalized spacial score (nSPS) is 10.2. The zero-order chi connectivity index (χ0) is 14.0. The van der Waals surface area contributed by atoms with Gasteiger partial charge in [-0.3, -0.25) is 4.79 Å². The number of hydrogen-bond acceptors (Lipinski definition) is 3. The molecule has 0 heterocycles. The van der Waals surface area contributed by atoms with Gasteiger partial charge in [-0.2, -0.15) is 0 Å². The first kappa shape index (κ1) is 13.2. The molecule has 2 aromatic carbocycles. The molecular formula is C13H10ClFN2O2. The Morgan fingerprint density at radius 3 is 2.68 bits per heavy atom. The lowest BCUT2D eigenvalue weighted by molar-refractivity contribution is 0.102. The Morgan fingerprint density at radius 2 is 2.05 bits per heavy atom. The van der Waals surface area contributed by atoms with Crippen LogP contribution in [0.4, 0.5) is 15.8 Å². The van der Waals surface area contributed by atoms with Gasteiger partial charge in [-0.1, -0.05) is 17.7 Å². The summed E-state index contributed by atoms with van der Waals surface area (Å²) in [6.07, 6.45) is 0. The number of anilines is 2. The van der Waals surface area contributed by atoms with E-state index in [1.807, 2.05) is 0 Å². The fourth-order valence-corrected chi connectivity index (χ4v) is 1.70. The topological polar surface area (TPSA) is 75.4 Å². The first-order valence-corrected chi connectivity index (χ1v) is 5.70. The molecule has 1 amide bonds. The van der Waals surface area contributed by atoms with Crippen LogP contribution in [0.2, 0.25) is 5.02 Å².